The summed E-state index contributed by atoms with van der Waals surface area (Å²) in [6, 6.07) is 11.9. The Balaban J connectivity index is 1.93. The van der Waals surface area contributed by atoms with Crippen LogP contribution in [0.15, 0.2) is 51.8 Å². The van der Waals surface area contributed by atoms with Gasteiger partial charge in [0.15, 0.2) is 0 Å². The lowest BCUT2D eigenvalue weighted by atomic mass is 10.1. The normalized spacial score (nSPS) is 17.6. The minimum Gasteiger partial charge on any atom is -0.377 e. The standard InChI is InChI=1S/C15H11BrF3NS/c16-9-5-6-12(11(7-9)15(17,18)19)20-13-8-21-14-4-2-1-3-10(13)14/h1-7,13,20H,8H2. The van der Waals surface area contributed by atoms with Gasteiger partial charge in [-0.3, -0.25) is 0 Å². The molecular formula is C15H11BrF3NS. The molecule has 2 aromatic carbocycles. The molecule has 0 aliphatic carbocycles. The van der Waals surface area contributed by atoms with Crippen LogP contribution in [0.2, 0.25) is 0 Å². The van der Waals surface area contributed by atoms with Gasteiger partial charge in [0.25, 0.3) is 0 Å². The van der Waals surface area contributed by atoms with Gasteiger partial charge in [-0.1, -0.05) is 34.1 Å². The predicted molar refractivity (Wildman–Crippen MR) is 82.7 cm³/mol. The van der Waals surface area contributed by atoms with Crippen molar-refractivity contribution in [2.24, 2.45) is 0 Å². The van der Waals surface area contributed by atoms with Crippen molar-refractivity contribution >= 4 is 33.4 Å². The van der Waals surface area contributed by atoms with Crippen LogP contribution in [0, 0.1) is 0 Å². The zero-order chi connectivity index (χ0) is 15.0. The third-order valence-corrected chi connectivity index (χ3v) is 4.99. The van der Waals surface area contributed by atoms with Crippen molar-refractivity contribution in [3.05, 3.63) is 58.1 Å². The zero-order valence-corrected chi connectivity index (χ0v) is 13.1. The fourth-order valence-electron chi connectivity index (χ4n) is 2.35. The maximum Gasteiger partial charge on any atom is 0.418 e. The van der Waals surface area contributed by atoms with Crippen molar-refractivity contribution in [3.63, 3.8) is 0 Å². The number of fused-ring (bicyclic) bond motifs is 1. The average Bonchev–Trinajstić information content (AvgIpc) is 2.83. The van der Waals surface area contributed by atoms with Crippen molar-refractivity contribution in [2.45, 2.75) is 17.1 Å². The Kier molecular flexibility index (Phi) is 3.92. The van der Waals surface area contributed by atoms with E-state index in [1.807, 2.05) is 24.3 Å². The van der Waals surface area contributed by atoms with Crippen molar-refractivity contribution < 1.29 is 13.2 Å². The lowest BCUT2D eigenvalue weighted by Gasteiger charge is -2.19. The van der Waals surface area contributed by atoms with Crippen molar-refractivity contribution in [1.82, 2.24) is 0 Å². The molecule has 3 rings (SSSR count). The molecule has 1 aliphatic heterocycles. The van der Waals surface area contributed by atoms with E-state index >= 15 is 0 Å². The average molecular weight is 374 g/mol. The minimum absolute atomic E-state index is 0.103. The third kappa shape index (κ3) is 3.06. The van der Waals surface area contributed by atoms with Gasteiger partial charge in [-0.25, -0.2) is 0 Å². The molecule has 0 saturated heterocycles. The molecule has 1 atom stereocenters. The van der Waals surface area contributed by atoms with Gasteiger partial charge in [0.05, 0.1) is 11.6 Å². The van der Waals surface area contributed by atoms with E-state index in [4.69, 9.17) is 0 Å². The SMILES string of the molecule is FC(F)(F)c1cc(Br)ccc1NC1CSc2ccccc21. The first-order valence-electron chi connectivity index (χ1n) is 6.30. The van der Waals surface area contributed by atoms with E-state index in [-0.39, 0.29) is 11.7 Å². The van der Waals surface area contributed by atoms with Gasteiger partial charge in [-0.15, -0.1) is 11.8 Å². The molecule has 2 aromatic rings. The van der Waals surface area contributed by atoms with E-state index in [1.165, 1.54) is 6.07 Å². The first-order chi connectivity index (χ1) is 9.95. The molecule has 0 radical (unpaired) electrons. The van der Waals surface area contributed by atoms with Gasteiger partial charge in [-0.2, -0.15) is 13.2 Å². The van der Waals surface area contributed by atoms with Crippen LogP contribution in [0.5, 0.6) is 0 Å². The Hall–Kier alpha value is -1.14. The Morgan fingerprint density at radius 1 is 1.14 bits per heavy atom. The Labute approximate surface area is 133 Å². The topological polar surface area (TPSA) is 12.0 Å². The fourth-order valence-corrected chi connectivity index (χ4v) is 3.87. The molecule has 1 unspecified atom stereocenters. The highest BCUT2D eigenvalue weighted by Gasteiger charge is 2.35. The summed E-state index contributed by atoms with van der Waals surface area (Å²) >= 11 is 4.75. The van der Waals surface area contributed by atoms with Gasteiger partial charge in [0.2, 0.25) is 0 Å². The van der Waals surface area contributed by atoms with Crippen LogP contribution in [-0.4, -0.2) is 5.75 Å². The lowest BCUT2D eigenvalue weighted by Crippen LogP contribution is -2.15. The molecule has 0 spiro atoms. The summed E-state index contributed by atoms with van der Waals surface area (Å²) in [6.45, 7) is 0. The molecule has 1 nitrogen and oxygen atoms in total. The lowest BCUT2D eigenvalue weighted by molar-refractivity contribution is -0.137. The summed E-state index contributed by atoms with van der Waals surface area (Å²) in [5, 5.41) is 3.04. The smallest absolute Gasteiger partial charge is 0.377 e. The number of rotatable bonds is 2. The van der Waals surface area contributed by atoms with Gasteiger partial charge in [-0.05, 0) is 29.8 Å². The highest BCUT2D eigenvalue weighted by atomic mass is 79.9. The van der Waals surface area contributed by atoms with E-state index in [0.29, 0.717) is 4.47 Å². The number of benzene rings is 2. The summed E-state index contributed by atoms with van der Waals surface area (Å²) in [6.07, 6.45) is -4.38. The van der Waals surface area contributed by atoms with Gasteiger partial charge < -0.3 is 5.32 Å². The van der Waals surface area contributed by atoms with Crippen LogP contribution in [-0.2, 0) is 6.18 Å². The van der Waals surface area contributed by atoms with Crippen LogP contribution in [0.4, 0.5) is 18.9 Å². The molecular weight excluding hydrogens is 363 g/mol. The molecule has 0 bridgehead atoms. The second kappa shape index (κ2) is 5.57. The van der Waals surface area contributed by atoms with Crippen molar-refractivity contribution in [2.75, 3.05) is 11.1 Å². The quantitative estimate of drug-likeness (QED) is 0.721. The number of halogens is 4. The first-order valence-corrected chi connectivity index (χ1v) is 8.08. The van der Waals surface area contributed by atoms with Crippen LogP contribution in [0.25, 0.3) is 0 Å². The van der Waals surface area contributed by atoms with E-state index in [9.17, 15) is 13.2 Å². The molecule has 6 heteroatoms. The van der Waals surface area contributed by atoms with Crippen LogP contribution < -0.4 is 5.32 Å². The largest absolute Gasteiger partial charge is 0.418 e. The Bertz CT molecular complexity index is 672. The van der Waals surface area contributed by atoms with Crippen molar-refractivity contribution in [3.8, 4) is 0 Å². The van der Waals surface area contributed by atoms with Crippen molar-refractivity contribution in [1.29, 1.82) is 0 Å². The molecule has 21 heavy (non-hydrogen) atoms. The maximum atomic E-state index is 13.1. The molecule has 0 amide bonds. The fraction of sp³-hybridized carbons (Fsp3) is 0.200. The predicted octanol–water partition coefficient (Wildman–Crippen LogP) is 5.73. The third-order valence-electron chi connectivity index (χ3n) is 3.32. The number of anilines is 1. The van der Waals surface area contributed by atoms with Gasteiger partial charge in [0.1, 0.15) is 0 Å². The molecule has 0 aromatic heterocycles. The summed E-state index contributed by atoms with van der Waals surface area (Å²) < 4.78 is 39.8. The summed E-state index contributed by atoms with van der Waals surface area (Å²) in [7, 11) is 0. The van der Waals surface area contributed by atoms with Crippen LogP contribution in [0.3, 0.4) is 0 Å². The molecule has 1 aliphatic rings. The number of thioether (sulfide) groups is 1. The van der Waals surface area contributed by atoms with E-state index < -0.39 is 11.7 Å². The molecule has 110 valence electrons. The summed E-state index contributed by atoms with van der Waals surface area (Å²) in [4.78, 5) is 1.13. The Morgan fingerprint density at radius 2 is 1.90 bits per heavy atom. The zero-order valence-electron chi connectivity index (χ0n) is 10.7. The number of hydrogen-bond donors (Lipinski definition) is 1. The number of nitrogens with one attached hydrogen (secondary N) is 1. The van der Waals surface area contributed by atoms with Crippen LogP contribution in [0.1, 0.15) is 17.2 Å². The van der Waals surface area contributed by atoms with E-state index in [1.54, 1.807) is 17.8 Å². The second-order valence-corrected chi connectivity index (χ2v) is 6.71. The van der Waals surface area contributed by atoms with Gasteiger partial charge in [0, 0.05) is 20.8 Å². The van der Waals surface area contributed by atoms with Gasteiger partial charge >= 0.3 is 6.18 Å². The number of alkyl halides is 3. The molecule has 0 fully saturated rings. The maximum absolute atomic E-state index is 13.1. The summed E-state index contributed by atoms with van der Waals surface area (Å²) in [5.41, 5.74) is 0.526. The van der Waals surface area contributed by atoms with Crippen LogP contribution >= 0.6 is 27.7 Å². The molecule has 0 saturated carbocycles. The number of hydrogen-bond acceptors (Lipinski definition) is 2. The highest BCUT2D eigenvalue weighted by Crippen LogP contribution is 2.42. The second-order valence-electron chi connectivity index (χ2n) is 4.73. The monoisotopic (exact) mass is 373 g/mol. The molecule has 1 heterocycles. The summed E-state index contributed by atoms with van der Waals surface area (Å²) in [5.74, 6) is 0.729. The minimum atomic E-state index is -4.38. The molecule has 1 N–H and O–H groups in total. The van der Waals surface area contributed by atoms with E-state index in [0.717, 1.165) is 22.3 Å². The Morgan fingerprint density at radius 3 is 2.67 bits per heavy atom. The van der Waals surface area contributed by atoms with E-state index in [2.05, 4.69) is 21.2 Å². The first kappa shape index (κ1) is 14.8. The highest BCUT2D eigenvalue weighted by molar-refractivity contribution is 9.10.